The molecule has 1 amide bonds. The van der Waals surface area contributed by atoms with E-state index in [1.807, 2.05) is 6.92 Å². The number of aliphatic hydroxyl groups excluding tert-OH is 1. The number of β-amino-alcohol motifs (C(OH)–C–C–N with tert-alkyl or cyclic N) is 1. The molecular formula is C16H26N6O2. The molecule has 0 aliphatic carbocycles. The smallest absolute Gasteiger partial charge is 0.255 e. The molecule has 0 saturated carbocycles. The van der Waals surface area contributed by atoms with E-state index in [2.05, 4.69) is 37.4 Å². The van der Waals surface area contributed by atoms with Gasteiger partial charge < -0.3 is 25.5 Å². The normalized spacial score (nSPS) is 25.5. The number of likely N-dealkylation sites (N-methyl/N-ethyl adjacent to an activating group) is 1. The number of anilines is 1. The number of amides is 1. The van der Waals surface area contributed by atoms with Gasteiger partial charge in [-0.25, -0.2) is 9.97 Å². The van der Waals surface area contributed by atoms with E-state index in [4.69, 9.17) is 0 Å². The van der Waals surface area contributed by atoms with Crippen LogP contribution >= 0.6 is 0 Å². The van der Waals surface area contributed by atoms with Crippen LogP contribution in [-0.2, 0) is 0 Å². The predicted molar refractivity (Wildman–Crippen MR) is 91.2 cm³/mol. The second-order valence-corrected chi connectivity index (χ2v) is 6.60. The van der Waals surface area contributed by atoms with Gasteiger partial charge in [-0.1, -0.05) is 0 Å². The van der Waals surface area contributed by atoms with Crippen LogP contribution in [0, 0.1) is 6.92 Å². The summed E-state index contributed by atoms with van der Waals surface area (Å²) in [5.41, 5.74) is 1.14. The summed E-state index contributed by atoms with van der Waals surface area (Å²) < 4.78 is 0. The molecule has 2 saturated heterocycles. The third kappa shape index (κ3) is 3.82. The number of nitrogens with one attached hydrogen (secondary N) is 2. The number of aliphatic hydroxyl groups is 1. The van der Waals surface area contributed by atoms with Crippen molar-refractivity contribution in [3.63, 3.8) is 0 Å². The second kappa shape index (κ2) is 7.42. The summed E-state index contributed by atoms with van der Waals surface area (Å²) in [5.74, 6) is 0.461. The van der Waals surface area contributed by atoms with Crippen molar-refractivity contribution >= 4 is 11.9 Å². The fourth-order valence-electron chi connectivity index (χ4n) is 3.09. The zero-order valence-electron chi connectivity index (χ0n) is 14.3. The molecule has 24 heavy (non-hydrogen) atoms. The molecule has 0 aromatic carbocycles. The van der Waals surface area contributed by atoms with E-state index in [9.17, 15) is 9.90 Å². The predicted octanol–water partition coefficient (Wildman–Crippen LogP) is -1.01. The Morgan fingerprint density at radius 3 is 2.79 bits per heavy atom. The molecule has 2 aliphatic heterocycles. The standard InChI is InChI=1S/C16H26N6O2/c1-11-12(15(24)20-13-3-4-17-10-14(13)23)9-18-16(19-11)22-7-5-21(2)6-8-22/h9,13-14,17,23H,3-8,10H2,1-2H3,(H,20,24). The van der Waals surface area contributed by atoms with Gasteiger partial charge in [-0.05, 0) is 26.9 Å². The lowest BCUT2D eigenvalue weighted by molar-refractivity contribution is 0.0764. The van der Waals surface area contributed by atoms with E-state index in [0.717, 1.165) is 32.7 Å². The summed E-state index contributed by atoms with van der Waals surface area (Å²) >= 11 is 0. The lowest BCUT2D eigenvalue weighted by atomic mass is 10.0. The Labute approximate surface area is 142 Å². The first kappa shape index (κ1) is 17.1. The Morgan fingerprint density at radius 1 is 1.38 bits per heavy atom. The number of rotatable bonds is 3. The van der Waals surface area contributed by atoms with Gasteiger partial charge in [0.05, 0.1) is 23.4 Å². The van der Waals surface area contributed by atoms with Crippen molar-refractivity contribution in [3.05, 3.63) is 17.5 Å². The fraction of sp³-hybridized carbons (Fsp3) is 0.688. The zero-order valence-corrected chi connectivity index (χ0v) is 14.3. The molecule has 0 radical (unpaired) electrons. The summed E-state index contributed by atoms with van der Waals surface area (Å²) in [7, 11) is 2.10. The lowest BCUT2D eigenvalue weighted by Crippen LogP contribution is -2.52. The van der Waals surface area contributed by atoms with E-state index in [1.165, 1.54) is 0 Å². The molecule has 1 aromatic heterocycles. The van der Waals surface area contributed by atoms with E-state index in [0.29, 0.717) is 30.2 Å². The minimum atomic E-state index is -0.562. The zero-order chi connectivity index (χ0) is 17.1. The fourth-order valence-corrected chi connectivity index (χ4v) is 3.09. The molecule has 8 nitrogen and oxygen atoms in total. The molecule has 3 N–H and O–H groups in total. The average Bonchev–Trinajstić information content (AvgIpc) is 2.57. The molecule has 2 fully saturated rings. The lowest BCUT2D eigenvalue weighted by Gasteiger charge is -2.32. The van der Waals surface area contributed by atoms with Crippen LogP contribution in [0.5, 0.6) is 0 Å². The Kier molecular flexibility index (Phi) is 5.27. The van der Waals surface area contributed by atoms with E-state index >= 15 is 0 Å². The number of piperazine rings is 1. The van der Waals surface area contributed by atoms with E-state index < -0.39 is 6.10 Å². The first-order valence-corrected chi connectivity index (χ1v) is 8.51. The quantitative estimate of drug-likeness (QED) is 0.652. The molecule has 2 atom stereocenters. The van der Waals surface area contributed by atoms with Gasteiger partial charge in [0, 0.05) is 38.9 Å². The molecule has 3 rings (SSSR count). The van der Waals surface area contributed by atoms with Crippen LogP contribution in [0.15, 0.2) is 6.20 Å². The monoisotopic (exact) mass is 334 g/mol. The molecule has 0 bridgehead atoms. The Morgan fingerprint density at radius 2 is 2.12 bits per heavy atom. The number of aromatic nitrogens is 2. The summed E-state index contributed by atoms with van der Waals surface area (Å²) in [6.45, 7) is 6.87. The van der Waals surface area contributed by atoms with Crippen LogP contribution in [0.25, 0.3) is 0 Å². The van der Waals surface area contributed by atoms with Gasteiger partial charge in [0.25, 0.3) is 5.91 Å². The van der Waals surface area contributed by atoms with Crippen LogP contribution in [0.3, 0.4) is 0 Å². The maximum atomic E-state index is 12.5. The minimum Gasteiger partial charge on any atom is -0.390 e. The molecule has 1 aromatic rings. The van der Waals surface area contributed by atoms with Gasteiger partial charge in [-0.15, -0.1) is 0 Å². The van der Waals surface area contributed by atoms with Crippen molar-refractivity contribution in [2.24, 2.45) is 0 Å². The SMILES string of the molecule is Cc1nc(N2CCN(C)CC2)ncc1C(=O)NC1CCNCC1O. The highest BCUT2D eigenvalue weighted by Crippen LogP contribution is 2.14. The van der Waals surface area contributed by atoms with Crippen molar-refractivity contribution in [2.75, 3.05) is 51.2 Å². The van der Waals surface area contributed by atoms with Gasteiger partial charge >= 0.3 is 0 Å². The topological polar surface area (TPSA) is 93.6 Å². The molecule has 2 unspecified atom stereocenters. The van der Waals surface area contributed by atoms with E-state index in [1.54, 1.807) is 6.20 Å². The van der Waals surface area contributed by atoms with Crippen molar-refractivity contribution in [2.45, 2.75) is 25.5 Å². The van der Waals surface area contributed by atoms with Gasteiger partial charge in [-0.3, -0.25) is 4.79 Å². The summed E-state index contributed by atoms with van der Waals surface area (Å²) in [4.78, 5) is 25.8. The molecule has 0 spiro atoms. The van der Waals surface area contributed by atoms with Crippen LogP contribution in [0.1, 0.15) is 22.5 Å². The Hall–Kier alpha value is -1.77. The maximum absolute atomic E-state index is 12.5. The number of nitrogens with zero attached hydrogens (tertiary/aromatic N) is 4. The first-order chi connectivity index (χ1) is 11.5. The largest absolute Gasteiger partial charge is 0.390 e. The number of carbonyl (C=O) groups excluding carboxylic acids is 1. The van der Waals surface area contributed by atoms with Crippen LogP contribution in [0.2, 0.25) is 0 Å². The van der Waals surface area contributed by atoms with E-state index in [-0.39, 0.29) is 11.9 Å². The van der Waals surface area contributed by atoms with Crippen LogP contribution in [0.4, 0.5) is 5.95 Å². The number of piperidine rings is 1. The molecule has 2 aliphatic rings. The minimum absolute atomic E-state index is 0.219. The van der Waals surface area contributed by atoms with Crippen LogP contribution < -0.4 is 15.5 Å². The summed E-state index contributed by atoms with van der Waals surface area (Å²) in [6, 6.07) is -0.226. The first-order valence-electron chi connectivity index (χ1n) is 8.51. The summed E-state index contributed by atoms with van der Waals surface area (Å²) in [6.07, 6.45) is 1.75. The third-order valence-electron chi connectivity index (χ3n) is 4.76. The van der Waals surface area contributed by atoms with Crippen molar-refractivity contribution < 1.29 is 9.90 Å². The number of hydrogen-bond acceptors (Lipinski definition) is 7. The number of aryl methyl sites for hydroxylation is 1. The van der Waals surface area contributed by atoms with Crippen molar-refractivity contribution in [1.29, 1.82) is 0 Å². The molecule has 132 valence electrons. The maximum Gasteiger partial charge on any atom is 0.255 e. The number of hydrogen-bond donors (Lipinski definition) is 3. The average molecular weight is 334 g/mol. The molecule has 8 heteroatoms. The molecular weight excluding hydrogens is 308 g/mol. The van der Waals surface area contributed by atoms with Gasteiger partial charge in [0.1, 0.15) is 0 Å². The highest BCUT2D eigenvalue weighted by molar-refractivity contribution is 5.95. The second-order valence-electron chi connectivity index (χ2n) is 6.60. The van der Waals surface area contributed by atoms with Crippen LogP contribution in [-0.4, -0.2) is 84.3 Å². The highest BCUT2D eigenvalue weighted by atomic mass is 16.3. The third-order valence-corrected chi connectivity index (χ3v) is 4.76. The van der Waals surface area contributed by atoms with Gasteiger partial charge in [-0.2, -0.15) is 0 Å². The highest BCUT2D eigenvalue weighted by Gasteiger charge is 2.26. The van der Waals surface area contributed by atoms with Crippen molar-refractivity contribution in [3.8, 4) is 0 Å². The molecule has 3 heterocycles. The van der Waals surface area contributed by atoms with Gasteiger partial charge in [0.15, 0.2) is 0 Å². The van der Waals surface area contributed by atoms with Gasteiger partial charge in [0.2, 0.25) is 5.95 Å². The Balaban J connectivity index is 1.66. The number of carbonyl (C=O) groups is 1. The Bertz CT molecular complexity index is 588. The van der Waals surface area contributed by atoms with Crippen molar-refractivity contribution in [1.82, 2.24) is 25.5 Å². The summed E-state index contributed by atoms with van der Waals surface area (Å²) in [5, 5.41) is 16.0.